The van der Waals surface area contributed by atoms with Crippen molar-refractivity contribution in [3.63, 3.8) is 0 Å². The van der Waals surface area contributed by atoms with Gasteiger partial charge in [0.15, 0.2) is 0 Å². The molecule has 1 atom stereocenters. The zero-order valence-corrected chi connectivity index (χ0v) is 18.3. The number of benzene rings is 1. The predicted molar refractivity (Wildman–Crippen MR) is 119 cm³/mol. The summed E-state index contributed by atoms with van der Waals surface area (Å²) >= 11 is 0. The Kier molecular flexibility index (Phi) is 7.05. The largest absolute Gasteiger partial charge is 0.352 e. The van der Waals surface area contributed by atoms with Gasteiger partial charge in [-0.15, -0.1) is 0 Å². The van der Waals surface area contributed by atoms with Crippen LogP contribution in [-0.4, -0.2) is 72.5 Å². The van der Waals surface area contributed by atoms with Gasteiger partial charge in [0.05, 0.1) is 12.6 Å². The first-order valence-electron chi connectivity index (χ1n) is 11.8. The average Bonchev–Trinajstić information content (AvgIpc) is 3.59. The summed E-state index contributed by atoms with van der Waals surface area (Å²) in [5, 5.41) is 3.11. The van der Waals surface area contributed by atoms with Gasteiger partial charge in [-0.25, -0.2) is 0 Å². The van der Waals surface area contributed by atoms with Crippen molar-refractivity contribution in [2.24, 2.45) is 0 Å². The lowest BCUT2D eigenvalue weighted by atomic mass is 9.93. The molecule has 1 aliphatic heterocycles. The molecule has 1 heterocycles. The van der Waals surface area contributed by atoms with Crippen LogP contribution in [0.2, 0.25) is 0 Å². The van der Waals surface area contributed by atoms with E-state index < -0.39 is 0 Å². The highest BCUT2D eigenvalue weighted by Gasteiger charge is 2.32. The third-order valence-electron chi connectivity index (χ3n) is 6.86. The van der Waals surface area contributed by atoms with Gasteiger partial charge in [0.25, 0.3) is 0 Å². The van der Waals surface area contributed by atoms with Crippen LogP contribution in [0.25, 0.3) is 0 Å². The van der Waals surface area contributed by atoms with E-state index in [2.05, 4.69) is 32.1 Å². The molecule has 1 saturated heterocycles. The second-order valence-corrected chi connectivity index (χ2v) is 9.16. The monoisotopic (exact) mass is 412 g/mol. The standard InChI is InChI=1S/C24H36N4O2/c1-19(24(30)25-20-12-13-20)27-16-14-26(15-17-27)18-23(29)28(21-8-4-2-5-9-21)22-10-6-3-7-11-22/h2,4-5,8-9,19-20,22H,3,6-7,10-18H2,1H3,(H,25,30). The molecule has 1 N–H and O–H groups in total. The van der Waals surface area contributed by atoms with E-state index in [1.165, 1.54) is 19.3 Å². The van der Waals surface area contributed by atoms with Gasteiger partial charge in [-0.1, -0.05) is 37.5 Å². The molecule has 0 radical (unpaired) electrons. The Labute approximate surface area is 180 Å². The summed E-state index contributed by atoms with van der Waals surface area (Å²) in [6.07, 6.45) is 8.13. The fourth-order valence-electron chi connectivity index (χ4n) is 4.78. The van der Waals surface area contributed by atoms with Crippen molar-refractivity contribution >= 4 is 17.5 Å². The van der Waals surface area contributed by atoms with Crippen molar-refractivity contribution < 1.29 is 9.59 Å². The van der Waals surface area contributed by atoms with Gasteiger partial charge in [0, 0.05) is 44.0 Å². The molecule has 1 unspecified atom stereocenters. The van der Waals surface area contributed by atoms with Crippen LogP contribution in [0.3, 0.4) is 0 Å². The lowest BCUT2D eigenvalue weighted by Gasteiger charge is -2.39. The van der Waals surface area contributed by atoms with E-state index in [-0.39, 0.29) is 17.9 Å². The summed E-state index contributed by atoms with van der Waals surface area (Å²) in [7, 11) is 0. The molecule has 6 heteroatoms. The highest BCUT2D eigenvalue weighted by atomic mass is 16.2. The fraction of sp³-hybridized carbons (Fsp3) is 0.667. The Balaban J connectivity index is 1.32. The molecule has 3 aliphatic rings. The second kappa shape index (κ2) is 9.92. The Hall–Kier alpha value is -1.92. The van der Waals surface area contributed by atoms with Crippen molar-refractivity contribution in [3.8, 4) is 0 Å². The highest BCUT2D eigenvalue weighted by Crippen LogP contribution is 2.27. The Morgan fingerprint density at radius 1 is 1.00 bits per heavy atom. The van der Waals surface area contributed by atoms with E-state index in [0.717, 1.165) is 57.5 Å². The SMILES string of the molecule is CC(C(=O)NC1CC1)N1CCN(CC(=O)N(c2ccccc2)C2CCCCC2)CC1. The number of hydrogen-bond acceptors (Lipinski definition) is 4. The number of anilines is 1. The molecule has 0 spiro atoms. The summed E-state index contributed by atoms with van der Waals surface area (Å²) in [5.74, 6) is 0.357. The van der Waals surface area contributed by atoms with Gasteiger partial charge >= 0.3 is 0 Å². The van der Waals surface area contributed by atoms with E-state index in [9.17, 15) is 9.59 Å². The van der Waals surface area contributed by atoms with Crippen LogP contribution in [0.4, 0.5) is 5.69 Å². The highest BCUT2D eigenvalue weighted by molar-refractivity contribution is 5.95. The number of hydrogen-bond donors (Lipinski definition) is 1. The minimum atomic E-state index is -0.0912. The third kappa shape index (κ3) is 5.41. The molecule has 6 nitrogen and oxygen atoms in total. The molecule has 164 valence electrons. The smallest absolute Gasteiger partial charge is 0.241 e. The summed E-state index contributed by atoms with van der Waals surface area (Å²) in [4.78, 5) is 32.3. The molecule has 2 aliphatic carbocycles. The zero-order chi connectivity index (χ0) is 20.9. The number of rotatable bonds is 7. The van der Waals surface area contributed by atoms with Crippen LogP contribution in [-0.2, 0) is 9.59 Å². The molecule has 2 amide bonds. The first kappa shape index (κ1) is 21.3. The lowest BCUT2D eigenvalue weighted by Crippen LogP contribution is -2.56. The number of nitrogens with zero attached hydrogens (tertiary/aromatic N) is 3. The molecule has 4 rings (SSSR count). The van der Waals surface area contributed by atoms with E-state index in [1.807, 2.05) is 25.1 Å². The minimum Gasteiger partial charge on any atom is -0.352 e. The molecule has 0 bridgehead atoms. The van der Waals surface area contributed by atoms with Gasteiger partial charge in [-0.05, 0) is 44.7 Å². The van der Waals surface area contributed by atoms with E-state index in [0.29, 0.717) is 18.6 Å². The van der Waals surface area contributed by atoms with Crippen molar-refractivity contribution in [2.75, 3.05) is 37.6 Å². The molecule has 1 aromatic carbocycles. The van der Waals surface area contributed by atoms with E-state index in [1.54, 1.807) is 0 Å². The zero-order valence-electron chi connectivity index (χ0n) is 18.3. The summed E-state index contributed by atoms with van der Waals surface area (Å²) in [5.41, 5.74) is 1.03. The van der Waals surface area contributed by atoms with Gasteiger partial charge in [0.1, 0.15) is 0 Å². The molecule has 1 aromatic rings. The maximum absolute atomic E-state index is 13.4. The van der Waals surface area contributed by atoms with Crippen LogP contribution in [0.1, 0.15) is 51.9 Å². The predicted octanol–water partition coefficient (Wildman–Crippen LogP) is 2.64. The Morgan fingerprint density at radius 2 is 1.67 bits per heavy atom. The van der Waals surface area contributed by atoms with E-state index >= 15 is 0 Å². The quantitative estimate of drug-likeness (QED) is 0.748. The number of amides is 2. The topological polar surface area (TPSA) is 55.9 Å². The van der Waals surface area contributed by atoms with Crippen LogP contribution in [0.5, 0.6) is 0 Å². The van der Waals surface area contributed by atoms with Crippen LogP contribution in [0, 0.1) is 0 Å². The van der Waals surface area contributed by atoms with E-state index in [4.69, 9.17) is 0 Å². The number of carbonyl (C=O) groups is 2. The second-order valence-electron chi connectivity index (χ2n) is 9.16. The molecular formula is C24H36N4O2. The van der Waals surface area contributed by atoms with Crippen molar-refractivity contribution in [1.29, 1.82) is 0 Å². The average molecular weight is 413 g/mol. The summed E-state index contributed by atoms with van der Waals surface area (Å²) in [6.45, 7) is 5.80. The first-order chi connectivity index (χ1) is 14.6. The van der Waals surface area contributed by atoms with Gasteiger partial charge < -0.3 is 10.2 Å². The third-order valence-corrected chi connectivity index (χ3v) is 6.86. The van der Waals surface area contributed by atoms with Crippen molar-refractivity contribution in [3.05, 3.63) is 30.3 Å². The van der Waals surface area contributed by atoms with Crippen LogP contribution in [0.15, 0.2) is 30.3 Å². The number of nitrogens with one attached hydrogen (secondary N) is 1. The Bertz CT molecular complexity index is 707. The van der Waals surface area contributed by atoms with Gasteiger partial charge in [-0.2, -0.15) is 0 Å². The molecule has 2 saturated carbocycles. The Morgan fingerprint density at radius 3 is 2.30 bits per heavy atom. The maximum atomic E-state index is 13.4. The van der Waals surface area contributed by atoms with Crippen molar-refractivity contribution in [2.45, 2.75) is 70.0 Å². The summed E-state index contributed by atoms with van der Waals surface area (Å²) < 4.78 is 0. The fourth-order valence-corrected chi connectivity index (χ4v) is 4.78. The normalized spacial score (nSPS) is 22.4. The molecule has 0 aromatic heterocycles. The molecular weight excluding hydrogens is 376 g/mol. The number of piperazine rings is 1. The molecule has 3 fully saturated rings. The minimum absolute atomic E-state index is 0.0912. The summed E-state index contributed by atoms with van der Waals surface area (Å²) in [6, 6.07) is 10.8. The molecule has 30 heavy (non-hydrogen) atoms. The van der Waals surface area contributed by atoms with Gasteiger partial charge in [0.2, 0.25) is 11.8 Å². The number of para-hydroxylation sites is 1. The number of carbonyl (C=O) groups excluding carboxylic acids is 2. The maximum Gasteiger partial charge on any atom is 0.241 e. The van der Waals surface area contributed by atoms with Gasteiger partial charge in [-0.3, -0.25) is 19.4 Å². The van der Waals surface area contributed by atoms with Crippen molar-refractivity contribution in [1.82, 2.24) is 15.1 Å². The van der Waals surface area contributed by atoms with Crippen LogP contribution >= 0.6 is 0 Å². The first-order valence-corrected chi connectivity index (χ1v) is 11.8. The van der Waals surface area contributed by atoms with Crippen LogP contribution < -0.4 is 10.2 Å². The lowest BCUT2D eigenvalue weighted by molar-refractivity contribution is -0.127.